The third-order valence-corrected chi connectivity index (χ3v) is 4.85. The van der Waals surface area contributed by atoms with Crippen LogP contribution in [0.2, 0.25) is 5.02 Å². The Bertz CT molecular complexity index is 586. The fourth-order valence-electron chi connectivity index (χ4n) is 2.19. The summed E-state index contributed by atoms with van der Waals surface area (Å²) in [6.07, 6.45) is 0.403. The van der Waals surface area contributed by atoms with E-state index in [2.05, 4.69) is 4.72 Å². The van der Waals surface area contributed by atoms with E-state index in [1.807, 2.05) is 0 Å². The molecule has 1 atom stereocenters. The van der Waals surface area contributed by atoms with E-state index in [0.717, 1.165) is 0 Å². The van der Waals surface area contributed by atoms with Gasteiger partial charge >= 0.3 is 0 Å². The summed E-state index contributed by atoms with van der Waals surface area (Å²) in [4.78, 5) is 13.0. The van der Waals surface area contributed by atoms with E-state index in [1.165, 1.54) is 0 Å². The molecule has 1 saturated heterocycles. The summed E-state index contributed by atoms with van der Waals surface area (Å²) in [5.74, 6) is 0.0279. The normalized spacial score (nSPS) is 19.6. The molecule has 1 amide bonds. The Balaban J connectivity index is 1.88. The maximum Gasteiger partial charge on any atom is 0.222 e. The van der Waals surface area contributed by atoms with Crippen LogP contribution in [0.15, 0.2) is 24.3 Å². The molecule has 0 bridgehead atoms. The minimum absolute atomic E-state index is 0.0486. The lowest BCUT2D eigenvalue weighted by molar-refractivity contribution is -0.126. The van der Waals surface area contributed by atoms with Gasteiger partial charge in [0, 0.05) is 31.6 Å². The highest BCUT2D eigenvalue weighted by atomic mass is 35.5. The number of amides is 1. The average Bonchev–Trinajstić information content (AvgIpc) is 2.69. The van der Waals surface area contributed by atoms with E-state index in [4.69, 9.17) is 11.6 Å². The molecule has 1 fully saturated rings. The molecule has 1 aromatic rings. The molecular formula is C13H17ClN2O3S. The number of carbonyl (C=O) groups excluding carboxylic acids is 1. The first-order valence-electron chi connectivity index (χ1n) is 6.31. The summed E-state index contributed by atoms with van der Waals surface area (Å²) in [6.45, 7) is 0.897. The van der Waals surface area contributed by atoms with Crippen molar-refractivity contribution in [3.63, 3.8) is 0 Å². The van der Waals surface area contributed by atoms with Gasteiger partial charge in [0.2, 0.25) is 15.9 Å². The number of hydrogen-bond donors (Lipinski definition) is 1. The Hall–Kier alpha value is -1.11. The number of sulfonamides is 1. The quantitative estimate of drug-likeness (QED) is 0.888. The fourth-order valence-corrected chi connectivity index (χ4v) is 3.54. The molecule has 1 heterocycles. The Morgan fingerprint density at radius 3 is 2.55 bits per heavy atom. The summed E-state index contributed by atoms with van der Waals surface area (Å²) in [6, 6.07) is 6.71. The van der Waals surface area contributed by atoms with E-state index in [1.54, 1.807) is 36.2 Å². The summed E-state index contributed by atoms with van der Waals surface area (Å²) < 4.78 is 26.5. The monoisotopic (exact) mass is 316 g/mol. The Morgan fingerprint density at radius 2 is 2.00 bits per heavy atom. The molecule has 1 N–H and O–H groups in total. The number of carbonyl (C=O) groups is 1. The zero-order valence-corrected chi connectivity index (χ0v) is 12.7. The molecule has 0 spiro atoms. The molecule has 7 heteroatoms. The van der Waals surface area contributed by atoms with Crippen molar-refractivity contribution >= 4 is 27.5 Å². The average molecular weight is 317 g/mol. The Labute approximate surface area is 124 Å². The van der Waals surface area contributed by atoms with Crippen molar-refractivity contribution in [1.29, 1.82) is 0 Å². The Morgan fingerprint density at radius 1 is 1.35 bits per heavy atom. The molecule has 5 nitrogen and oxygen atoms in total. The Kier molecular flexibility index (Phi) is 4.67. The summed E-state index contributed by atoms with van der Waals surface area (Å²) >= 11 is 5.76. The largest absolute Gasteiger partial charge is 0.345 e. The molecule has 110 valence electrons. The predicted octanol–water partition coefficient (Wildman–Crippen LogP) is 1.24. The molecule has 1 aliphatic rings. The first-order valence-corrected chi connectivity index (χ1v) is 8.34. The zero-order chi connectivity index (χ0) is 14.8. The van der Waals surface area contributed by atoms with Crippen molar-refractivity contribution in [3.05, 3.63) is 34.9 Å². The van der Waals surface area contributed by atoms with Crippen LogP contribution in [0, 0.1) is 5.92 Å². The molecule has 0 aromatic heterocycles. The fraction of sp³-hybridized carbons (Fsp3) is 0.462. The number of nitrogens with zero attached hydrogens (tertiary/aromatic N) is 1. The van der Waals surface area contributed by atoms with Crippen LogP contribution in [0.5, 0.6) is 0 Å². The van der Waals surface area contributed by atoms with Gasteiger partial charge in [0.05, 0.1) is 5.75 Å². The van der Waals surface area contributed by atoms with Crippen molar-refractivity contribution in [1.82, 2.24) is 9.62 Å². The van der Waals surface area contributed by atoms with Crippen molar-refractivity contribution in [3.8, 4) is 0 Å². The van der Waals surface area contributed by atoms with Crippen molar-refractivity contribution in [2.45, 2.75) is 12.2 Å². The number of halogens is 1. The van der Waals surface area contributed by atoms with E-state index < -0.39 is 10.0 Å². The molecular weight excluding hydrogens is 300 g/mol. The van der Waals surface area contributed by atoms with Gasteiger partial charge in [-0.25, -0.2) is 13.1 Å². The van der Waals surface area contributed by atoms with Gasteiger partial charge in [-0.1, -0.05) is 23.7 Å². The standard InChI is InChI=1S/C13H17ClN2O3S/c1-16-8-11(6-13(16)17)7-15-20(18,19)9-10-2-4-12(14)5-3-10/h2-5,11,15H,6-9H2,1H3. The highest BCUT2D eigenvalue weighted by Crippen LogP contribution is 2.16. The minimum atomic E-state index is -3.39. The summed E-state index contributed by atoms with van der Waals surface area (Å²) in [5, 5.41) is 0.576. The van der Waals surface area contributed by atoms with Crippen molar-refractivity contribution in [2.75, 3.05) is 20.1 Å². The van der Waals surface area contributed by atoms with Crippen LogP contribution >= 0.6 is 11.6 Å². The van der Waals surface area contributed by atoms with Gasteiger partial charge in [0.25, 0.3) is 0 Å². The lowest BCUT2D eigenvalue weighted by Gasteiger charge is -2.12. The second kappa shape index (κ2) is 6.11. The number of likely N-dealkylation sites (tertiary alicyclic amines) is 1. The van der Waals surface area contributed by atoms with Gasteiger partial charge < -0.3 is 4.90 Å². The highest BCUT2D eigenvalue weighted by molar-refractivity contribution is 7.88. The van der Waals surface area contributed by atoms with Gasteiger partial charge in [-0.05, 0) is 23.6 Å². The lowest BCUT2D eigenvalue weighted by atomic mass is 10.1. The maximum absolute atomic E-state index is 12.0. The molecule has 2 rings (SSSR count). The van der Waals surface area contributed by atoms with Gasteiger partial charge in [-0.15, -0.1) is 0 Å². The number of benzene rings is 1. The van der Waals surface area contributed by atoms with Crippen LogP contribution in [0.4, 0.5) is 0 Å². The van der Waals surface area contributed by atoms with Gasteiger partial charge in [-0.2, -0.15) is 0 Å². The SMILES string of the molecule is CN1CC(CNS(=O)(=O)Cc2ccc(Cl)cc2)CC1=O. The van der Waals surface area contributed by atoms with Crippen LogP contribution < -0.4 is 4.72 Å². The molecule has 1 aliphatic heterocycles. The maximum atomic E-state index is 12.0. The number of rotatable bonds is 5. The van der Waals surface area contributed by atoms with Gasteiger partial charge in [0.1, 0.15) is 0 Å². The zero-order valence-electron chi connectivity index (χ0n) is 11.2. The van der Waals surface area contributed by atoms with E-state index in [-0.39, 0.29) is 17.6 Å². The summed E-state index contributed by atoms with van der Waals surface area (Å²) in [5.41, 5.74) is 0.682. The first kappa shape index (κ1) is 15.3. The van der Waals surface area contributed by atoms with Crippen LogP contribution in [0.1, 0.15) is 12.0 Å². The van der Waals surface area contributed by atoms with E-state index in [9.17, 15) is 13.2 Å². The van der Waals surface area contributed by atoms with Crippen molar-refractivity contribution < 1.29 is 13.2 Å². The first-order chi connectivity index (χ1) is 9.35. The smallest absolute Gasteiger partial charge is 0.222 e. The van der Waals surface area contributed by atoms with Crippen molar-refractivity contribution in [2.24, 2.45) is 5.92 Å². The predicted molar refractivity (Wildman–Crippen MR) is 77.8 cm³/mol. The number of hydrogen-bond acceptors (Lipinski definition) is 3. The molecule has 0 saturated carbocycles. The minimum Gasteiger partial charge on any atom is -0.345 e. The lowest BCUT2D eigenvalue weighted by Crippen LogP contribution is -2.31. The molecule has 1 unspecified atom stereocenters. The molecule has 20 heavy (non-hydrogen) atoms. The number of nitrogens with one attached hydrogen (secondary N) is 1. The van der Waals surface area contributed by atoms with E-state index >= 15 is 0 Å². The second-order valence-electron chi connectivity index (χ2n) is 5.08. The highest BCUT2D eigenvalue weighted by Gasteiger charge is 2.27. The van der Waals surface area contributed by atoms with Crippen LogP contribution in [-0.4, -0.2) is 39.4 Å². The van der Waals surface area contributed by atoms with Gasteiger partial charge in [0.15, 0.2) is 0 Å². The van der Waals surface area contributed by atoms with Gasteiger partial charge in [-0.3, -0.25) is 4.79 Å². The third kappa shape index (κ3) is 4.19. The van der Waals surface area contributed by atoms with E-state index in [0.29, 0.717) is 30.1 Å². The third-order valence-electron chi connectivity index (χ3n) is 3.28. The molecule has 0 radical (unpaired) electrons. The second-order valence-corrected chi connectivity index (χ2v) is 7.32. The molecule has 0 aliphatic carbocycles. The van der Waals surface area contributed by atoms with Crippen LogP contribution in [0.25, 0.3) is 0 Å². The topological polar surface area (TPSA) is 66.5 Å². The van der Waals surface area contributed by atoms with Crippen LogP contribution in [0.3, 0.4) is 0 Å². The summed E-state index contributed by atoms with van der Waals surface area (Å²) in [7, 11) is -1.67. The van der Waals surface area contributed by atoms with Crippen LogP contribution in [-0.2, 0) is 20.6 Å². The molecule has 1 aromatic carbocycles.